The van der Waals surface area contributed by atoms with Gasteiger partial charge in [-0.25, -0.2) is 4.39 Å². The molecule has 1 aliphatic rings. The van der Waals surface area contributed by atoms with Gasteiger partial charge in [-0.3, -0.25) is 0 Å². The van der Waals surface area contributed by atoms with Crippen LogP contribution >= 0.6 is 0 Å². The maximum Gasteiger partial charge on any atom is 0.113 e. The van der Waals surface area contributed by atoms with E-state index in [1.54, 1.807) is 6.92 Å². The van der Waals surface area contributed by atoms with E-state index in [2.05, 4.69) is 0 Å². The highest BCUT2D eigenvalue weighted by Crippen LogP contribution is 2.47. The molecule has 1 saturated carbocycles. The smallest absolute Gasteiger partial charge is 0.113 e. The summed E-state index contributed by atoms with van der Waals surface area (Å²) >= 11 is 0. The van der Waals surface area contributed by atoms with Gasteiger partial charge in [-0.1, -0.05) is 0 Å². The summed E-state index contributed by atoms with van der Waals surface area (Å²) < 4.78 is 18.4. The third-order valence-corrected chi connectivity index (χ3v) is 2.05. The van der Waals surface area contributed by atoms with Gasteiger partial charge >= 0.3 is 0 Å². The lowest BCUT2D eigenvalue weighted by molar-refractivity contribution is -0.0144. The molecule has 2 atom stereocenters. The SMILES string of the molecule is CC(C)(C)OCC1CC1(C)F. The summed E-state index contributed by atoms with van der Waals surface area (Å²) in [5, 5.41) is 0. The molecule has 1 nitrogen and oxygen atoms in total. The van der Waals surface area contributed by atoms with Crippen LogP contribution in [0.3, 0.4) is 0 Å². The van der Waals surface area contributed by atoms with Crippen LogP contribution in [-0.4, -0.2) is 17.9 Å². The topological polar surface area (TPSA) is 9.23 Å². The second-order valence-electron chi connectivity index (χ2n) is 4.60. The standard InChI is InChI=1S/C9H17FO/c1-8(2,3)11-6-7-5-9(7,4)10/h7H,5-6H2,1-4H3. The van der Waals surface area contributed by atoms with Crippen molar-refractivity contribution in [2.75, 3.05) is 6.61 Å². The fourth-order valence-corrected chi connectivity index (χ4v) is 1.01. The van der Waals surface area contributed by atoms with Gasteiger partial charge < -0.3 is 4.74 Å². The van der Waals surface area contributed by atoms with Crippen molar-refractivity contribution in [3.05, 3.63) is 0 Å². The molecular formula is C9H17FO. The molecule has 11 heavy (non-hydrogen) atoms. The third-order valence-electron chi connectivity index (χ3n) is 2.05. The van der Waals surface area contributed by atoms with Crippen molar-refractivity contribution in [2.45, 2.75) is 45.4 Å². The largest absolute Gasteiger partial charge is 0.375 e. The van der Waals surface area contributed by atoms with E-state index in [-0.39, 0.29) is 11.5 Å². The van der Waals surface area contributed by atoms with Gasteiger partial charge in [-0.15, -0.1) is 0 Å². The van der Waals surface area contributed by atoms with Crippen LogP contribution in [0, 0.1) is 5.92 Å². The van der Waals surface area contributed by atoms with Crippen molar-refractivity contribution >= 4 is 0 Å². The fraction of sp³-hybridized carbons (Fsp3) is 1.00. The highest BCUT2D eigenvalue weighted by atomic mass is 19.1. The third kappa shape index (κ3) is 2.78. The van der Waals surface area contributed by atoms with E-state index in [1.807, 2.05) is 20.8 Å². The minimum absolute atomic E-state index is 0.126. The van der Waals surface area contributed by atoms with Crippen LogP contribution in [-0.2, 0) is 4.74 Å². The van der Waals surface area contributed by atoms with Crippen molar-refractivity contribution in [3.63, 3.8) is 0 Å². The van der Waals surface area contributed by atoms with E-state index in [0.717, 1.165) is 0 Å². The molecule has 0 aliphatic heterocycles. The molecule has 0 spiro atoms. The first-order valence-corrected chi connectivity index (χ1v) is 4.14. The van der Waals surface area contributed by atoms with Crippen molar-refractivity contribution in [1.29, 1.82) is 0 Å². The van der Waals surface area contributed by atoms with Gasteiger partial charge in [0.2, 0.25) is 0 Å². The molecule has 1 fully saturated rings. The van der Waals surface area contributed by atoms with E-state index in [0.29, 0.717) is 13.0 Å². The van der Waals surface area contributed by atoms with Crippen LogP contribution in [0.2, 0.25) is 0 Å². The summed E-state index contributed by atoms with van der Waals surface area (Å²) in [4.78, 5) is 0. The number of rotatable bonds is 2. The molecule has 0 amide bonds. The average Bonchev–Trinajstić information content (AvgIpc) is 2.33. The Kier molecular flexibility index (Phi) is 1.99. The van der Waals surface area contributed by atoms with E-state index < -0.39 is 5.67 Å². The second kappa shape index (κ2) is 2.44. The van der Waals surface area contributed by atoms with Gasteiger partial charge in [0.05, 0.1) is 12.2 Å². The molecule has 1 rings (SSSR count). The second-order valence-corrected chi connectivity index (χ2v) is 4.60. The zero-order chi connectivity index (χ0) is 8.70. The normalized spacial score (nSPS) is 37.4. The van der Waals surface area contributed by atoms with E-state index >= 15 is 0 Å². The molecule has 0 radical (unpaired) electrons. The van der Waals surface area contributed by atoms with Crippen LogP contribution in [0.25, 0.3) is 0 Å². The van der Waals surface area contributed by atoms with E-state index in [9.17, 15) is 4.39 Å². The zero-order valence-electron chi connectivity index (χ0n) is 7.78. The molecule has 0 aromatic heterocycles. The summed E-state index contributed by atoms with van der Waals surface area (Å²) in [6.07, 6.45) is 0.670. The van der Waals surface area contributed by atoms with E-state index in [4.69, 9.17) is 4.74 Å². The van der Waals surface area contributed by atoms with E-state index in [1.165, 1.54) is 0 Å². The summed E-state index contributed by atoms with van der Waals surface area (Å²) in [6, 6.07) is 0. The number of ether oxygens (including phenoxy) is 1. The summed E-state index contributed by atoms with van der Waals surface area (Å²) in [5.74, 6) is 0.140. The Morgan fingerprint density at radius 3 is 2.27 bits per heavy atom. The van der Waals surface area contributed by atoms with Crippen LogP contribution in [0.5, 0.6) is 0 Å². The molecule has 0 saturated heterocycles. The van der Waals surface area contributed by atoms with Gasteiger partial charge in [0.25, 0.3) is 0 Å². The summed E-state index contributed by atoms with van der Waals surface area (Å²) in [7, 11) is 0. The number of hydrogen-bond donors (Lipinski definition) is 0. The molecule has 0 heterocycles. The predicted molar refractivity (Wildman–Crippen MR) is 43.3 cm³/mol. The first-order chi connectivity index (χ1) is 4.81. The van der Waals surface area contributed by atoms with Crippen molar-refractivity contribution in [2.24, 2.45) is 5.92 Å². The van der Waals surface area contributed by atoms with Crippen LogP contribution < -0.4 is 0 Å². The van der Waals surface area contributed by atoms with Crippen LogP contribution in [0.4, 0.5) is 4.39 Å². The first-order valence-electron chi connectivity index (χ1n) is 4.14. The Bertz CT molecular complexity index is 146. The molecule has 0 aromatic carbocycles. The number of halogens is 1. The first kappa shape index (κ1) is 8.98. The Morgan fingerprint density at radius 2 is 2.00 bits per heavy atom. The number of alkyl halides is 1. The van der Waals surface area contributed by atoms with Crippen LogP contribution in [0.1, 0.15) is 34.1 Å². The lowest BCUT2D eigenvalue weighted by atomic mass is 10.2. The molecule has 0 aromatic rings. The maximum atomic E-state index is 13.0. The van der Waals surface area contributed by atoms with Crippen molar-refractivity contribution in [1.82, 2.24) is 0 Å². The monoisotopic (exact) mass is 160 g/mol. The number of hydrogen-bond acceptors (Lipinski definition) is 1. The molecule has 2 heteroatoms. The Balaban J connectivity index is 2.16. The van der Waals surface area contributed by atoms with Crippen LogP contribution in [0.15, 0.2) is 0 Å². The zero-order valence-corrected chi connectivity index (χ0v) is 7.78. The molecular weight excluding hydrogens is 143 g/mol. The Labute approximate surface area is 67.9 Å². The highest BCUT2D eigenvalue weighted by molar-refractivity contribution is 5.00. The molecule has 2 unspecified atom stereocenters. The lowest BCUT2D eigenvalue weighted by Crippen LogP contribution is -2.21. The molecule has 0 bridgehead atoms. The van der Waals surface area contributed by atoms with Crippen molar-refractivity contribution in [3.8, 4) is 0 Å². The van der Waals surface area contributed by atoms with Gasteiger partial charge in [-0.2, -0.15) is 0 Å². The average molecular weight is 160 g/mol. The Hall–Kier alpha value is -0.110. The maximum absolute atomic E-state index is 13.0. The van der Waals surface area contributed by atoms with Crippen molar-refractivity contribution < 1.29 is 9.13 Å². The lowest BCUT2D eigenvalue weighted by Gasteiger charge is -2.19. The molecule has 0 N–H and O–H groups in total. The highest BCUT2D eigenvalue weighted by Gasteiger charge is 2.51. The quantitative estimate of drug-likeness (QED) is 0.603. The van der Waals surface area contributed by atoms with Gasteiger partial charge in [0.15, 0.2) is 0 Å². The molecule has 1 aliphatic carbocycles. The predicted octanol–water partition coefficient (Wildman–Crippen LogP) is 2.55. The van der Waals surface area contributed by atoms with Gasteiger partial charge in [-0.05, 0) is 34.1 Å². The fourth-order valence-electron chi connectivity index (χ4n) is 1.01. The van der Waals surface area contributed by atoms with Gasteiger partial charge in [0, 0.05) is 5.92 Å². The molecule has 66 valence electrons. The minimum atomic E-state index is -0.939. The summed E-state index contributed by atoms with van der Waals surface area (Å²) in [6.45, 7) is 8.18. The summed E-state index contributed by atoms with van der Waals surface area (Å²) in [5.41, 5.74) is -1.07. The minimum Gasteiger partial charge on any atom is -0.375 e. The van der Waals surface area contributed by atoms with Gasteiger partial charge in [0.1, 0.15) is 5.67 Å². The Morgan fingerprint density at radius 1 is 1.55 bits per heavy atom.